The van der Waals surface area contributed by atoms with Gasteiger partial charge in [0.2, 0.25) is 0 Å². The van der Waals surface area contributed by atoms with Gasteiger partial charge in [-0.25, -0.2) is 0 Å². The number of thiocarbonyl (C=S) groups is 1. The van der Waals surface area contributed by atoms with Crippen molar-refractivity contribution in [3.8, 4) is 11.3 Å². The van der Waals surface area contributed by atoms with Crippen LogP contribution in [-0.2, 0) is 4.79 Å². The molecule has 0 aliphatic carbocycles. The molecule has 0 unspecified atom stereocenters. The molecule has 0 saturated carbocycles. The zero-order chi connectivity index (χ0) is 16.6. The monoisotopic (exact) mass is 366 g/mol. The number of carbonyl (C=O) groups excluding carboxylic acids is 1. The number of hydrogen-bond acceptors (Lipinski definition) is 6. The molecule has 1 aromatic heterocycles. The smallest absolute Gasteiger partial charge is 0.270 e. The summed E-state index contributed by atoms with van der Waals surface area (Å²) in [5, 5.41) is 13.4. The van der Waals surface area contributed by atoms with E-state index in [4.69, 9.17) is 28.2 Å². The molecule has 0 radical (unpaired) electrons. The molecule has 1 aromatic carbocycles. The van der Waals surface area contributed by atoms with Gasteiger partial charge in [-0.15, -0.1) is 0 Å². The normalized spacial score (nSPS) is 16.0. The van der Waals surface area contributed by atoms with Crippen molar-refractivity contribution in [2.24, 2.45) is 0 Å². The Morgan fingerprint density at radius 3 is 2.74 bits per heavy atom. The average molecular weight is 367 g/mol. The molecule has 23 heavy (non-hydrogen) atoms. The maximum Gasteiger partial charge on any atom is 0.270 e. The van der Waals surface area contributed by atoms with Gasteiger partial charge in [-0.3, -0.25) is 14.9 Å². The highest BCUT2D eigenvalue weighted by Crippen LogP contribution is 2.33. The van der Waals surface area contributed by atoms with Crippen molar-refractivity contribution in [1.29, 1.82) is 0 Å². The van der Waals surface area contributed by atoms with Crippen LogP contribution in [0.25, 0.3) is 17.4 Å². The van der Waals surface area contributed by atoms with Crippen LogP contribution in [0.4, 0.5) is 5.69 Å². The highest BCUT2D eigenvalue weighted by atomic mass is 35.5. The van der Waals surface area contributed by atoms with Gasteiger partial charge in [-0.05, 0) is 18.2 Å². The number of nitrogens with zero attached hydrogens (tertiary/aromatic N) is 1. The Kier molecular flexibility index (Phi) is 4.20. The molecule has 0 atom stereocenters. The number of rotatable bonds is 3. The molecule has 0 bridgehead atoms. The Balaban J connectivity index is 1.91. The van der Waals surface area contributed by atoms with Crippen LogP contribution >= 0.6 is 35.6 Å². The van der Waals surface area contributed by atoms with Crippen molar-refractivity contribution >= 4 is 57.6 Å². The third-order valence-corrected chi connectivity index (χ3v) is 4.45. The number of hydrogen-bond donors (Lipinski definition) is 1. The van der Waals surface area contributed by atoms with Crippen molar-refractivity contribution in [3.05, 3.63) is 56.1 Å². The first-order valence-corrected chi connectivity index (χ1v) is 7.83. The Morgan fingerprint density at radius 2 is 2.13 bits per heavy atom. The molecule has 1 fully saturated rings. The van der Waals surface area contributed by atoms with Crippen LogP contribution in [-0.4, -0.2) is 15.2 Å². The molecule has 1 N–H and O–H groups in total. The summed E-state index contributed by atoms with van der Waals surface area (Å²) in [7, 11) is 0. The molecule has 2 heterocycles. The van der Waals surface area contributed by atoms with E-state index in [1.807, 2.05) is 0 Å². The number of non-ortho nitro benzene ring substituents is 1. The fraction of sp³-hybridized carbons (Fsp3) is 0. The number of amides is 1. The summed E-state index contributed by atoms with van der Waals surface area (Å²) < 4.78 is 6.02. The summed E-state index contributed by atoms with van der Waals surface area (Å²) >= 11 is 12.1. The van der Waals surface area contributed by atoms with E-state index in [-0.39, 0.29) is 16.6 Å². The number of carbonyl (C=O) groups is 1. The highest BCUT2D eigenvalue weighted by Gasteiger charge is 2.22. The third-order valence-electron chi connectivity index (χ3n) is 2.97. The molecular formula is C14H7ClN2O4S2. The Morgan fingerprint density at radius 1 is 1.35 bits per heavy atom. The molecule has 3 rings (SSSR count). The predicted octanol–water partition coefficient (Wildman–Crippen LogP) is 4.00. The number of nitro groups is 1. The van der Waals surface area contributed by atoms with Gasteiger partial charge in [0.05, 0.1) is 14.9 Å². The van der Waals surface area contributed by atoms with Crippen molar-refractivity contribution in [2.45, 2.75) is 0 Å². The lowest BCUT2D eigenvalue weighted by atomic mass is 10.1. The SMILES string of the molecule is O=C1NC(=S)S/C1=C/c1ccc(-c2ccc([N+](=O)[O-])cc2Cl)o1. The standard InChI is InChI=1S/C14H7ClN2O4S2/c15-10-5-7(17(19)20)1-3-9(10)11-4-2-8(21-11)6-12-13(18)16-14(22)23-12/h1-6H,(H,16,18,22)/b12-6+. The molecule has 116 valence electrons. The number of benzene rings is 1. The fourth-order valence-corrected chi connectivity index (χ4v) is 3.24. The Labute approximate surface area is 144 Å². The first-order chi connectivity index (χ1) is 10.9. The summed E-state index contributed by atoms with van der Waals surface area (Å²) in [4.78, 5) is 22.2. The average Bonchev–Trinajstić information content (AvgIpc) is 3.06. The second-order valence-corrected chi connectivity index (χ2v) is 6.60. The number of thioether (sulfide) groups is 1. The number of furan rings is 1. The molecule has 1 aliphatic rings. The molecule has 1 amide bonds. The van der Waals surface area contributed by atoms with Crippen LogP contribution in [0.2, 0.25) is 5.02 Å². The molecule has 6 nitrogen and oxygen atoms in total. The van der Waals surface area contributed by atoms with E-state index in [0.717, 1.165) is 11.8 Å². The van der Waals surface area contributed by atoms with E-state index in [1.165, 1.54) is 18.2 Å². The molecule has 1 saturated heterocycles. The molecular weight excluding hydrogens is 360 g/mol. The summed E-state index contributed by atoms with van der Waals surface area (Å²) in [6.45, 7) is 0. The fourth-order valence-electron chi connectivity index (χ4n) is 1.94. The maximum absolute atomic E-state index is 11.6. The first-order valence-electron chi connectivity index (χ1n) is 6.23. The van der Waals surface area contributed by atoms with Crippen LogP contribution in [0.5, 0.6) is 0 Å². The van der Waals surface area contributed by atoms with E-state index < -0.39 is 4.92 Å². The second kappa shape index (κ2) is 6.15. The zero-order valence-corrected chi connectivity index (χ0v) is 13.6. The second-order valence-electron chi connectivity index (χ2n) is 4.48. The first kappa shape index (κ1) is 15.7. The summed E-state index contributed by atoms with van der Waals surface area (Å²) in [6, 6.07) is 7.48. The summed E-state index contributed by atoms with van der Waals surface area (Å²) in [5.74, 6) is 0.630. The predicted molar refractivity (Wildman–Crippen MR) is 92.1 cm³/mol. The molecule has 2 aromatic rings. The summed E-state index contributed by atoms with van der Waals surface area (Å²) in [6.07, 6.45) is 1.57. The van der Waals surface area contributed by atoms with Crippen LogP contribution in [0.1, 0.15) is 5.76 Å². The molecule has 1 aliphatic heterocycles. The van der Waals surface area contributed by atoms with Gasteiger partial charge < -0.3 is 9.73 Å². The van der Waals surface area contributed by atoms with Gasteiger partial charge in [-0.2, -0.15) is 0 Å². The van der Waals surface area contributed by atoms with Gasteiger partial charge in [0.15, 0.2) is 0 Å². The van der Waals surface area contributed by atoms with Crippen LogP contribution in [0.3, 0.4) is 0 Å². The van der Waals surface area contributed by atoms with Gasteiger partial charge >= 0.3 is 0 Å². The lowest BCUT2D eigenvalue weighted by molar-refractivity contribution is -0.384. The van der Waals surface area contributed by atoms with Crippen molar-refractivity contribution < 1.29 is 14.1 Å². The topological polar surface area (TPSA) is 85.4 Å². The lowest BCUT2D eigenvalue weighted by Gasteiger charge is -2.00. The number of halogens is 1. The van der Waals surface area contributed by atoms with E-state index in [0.29, 0.717) is 26.3 Å². The quantitative estimate of drug-likeness (QED) is 0.382. The van der Waals surface area contributed by atoms with Crippen LogP contribution < -0.4 is 5.32 Å². The summed E-state index contributed by atoms with van der Waals surface area (Å²) in [5.41, 5.74) is 0.432. The van der Waals surface area contributed by atoms with Crippen molar-refractivity contribution in [2.75, 3.05) is 0 Å². The largest absolute Gasteiger partial charge is 0.457 e. The minimum absolute atomic E-state index is 0.0970. The minimum atomic E-state index is -0.521. The van der Waals surface area contributed by atoms with Gasteiger partial charge in [0.25, 0.3) is 11.6 Å². The van der Waals surface area contributed by atoms with Gasteiger partial charge in [-0.1, -0.05) is 35.6 Å². The zero-order valence-electron chi connectivity index (χ0n) is 11.2. The van der Waals surface area contributed by atoms with Gasteiger partial charge in [0, 0.05) is 23.8 Å². The lowest BCUT2D eigenvalue weighted by Crippen LogP contribution is -2.17. The Bertz CT molecular complexity index is 875. The Hall–Kier alpha value is -2.16. The van der Waals surface area contributed by atoms with E-state index in [9.17, 15) is 14.9 Å². The van der Waals surface area contributed by atoms with Crippen LogP contribution in [0.15, 0.2) is 39.7 Å². The highest BCUT2D eigenvalue weighted by molar-refractivity contribution is 8.26. The minimum Gasteiger partial charge on any atom is -0.457 e. The van der Waals surface area contributed by atoms with Gasteiger partial charge in [0.1, 0.15) is 15.8 Å². The van der Waals surface area contributed by atoms with E-state index in [2.05, 4.69) is 5.32 Å². The number of nitro benzene ring substituents is 1. The van der Waals surface area contributed by atoms with E-state index in [1.54, 1.807) is 18.2 Å². The van der Waals surface area contributed by atoms with Crippen molar-refractivity contribution in [3.63, 3.8) is 0 Å². The van der Waals surface area contributed by atoms with Crippen LogP contribution in [0, 0.1) is 10.1 Å². The van der Waals surface area contributed by atoms with E-state index >= 15 is 0 Å². The van der Waals surface area contributed by atoms with Crippen molar-refractivity contribution in [1.82, 2.24) is 5.32 Å². The number of nitrogens with one attached hydrogen (secondary N) is 1. The molecule has 0 spiro atoms. The molecule has 9 heteroatoms. The maximum atomic E-state index is 11.6. The third kappa shape index (κ3) is 3.29.